The number of aromatic nitrogens is 1. The zero-order valence-corrected chi connectivity index (χ0v) is 15.2. The molecule has 1 heterocycles. The van der Waals surface area contributed by atoms with Crippen LogP contribution in [0.1, 0.15) is 29.7 Å². The number of hydrogen-bond acceptors (Lipinski definition) is 2. The molecular weight excluding hydrogens is 355 g/mol. The van der Waals surface area contributed by atoms with Crippen molar-refractivity contribution in [1.82, 2.24) is 4.57 Å². The lowest BCUT2D eigenvalue weighted by Crippen LogP contribution is -2.39. The van der Waals surface area contributed by atoms with Crippen LogP contribution in [-0.4, -0.2) is 15.5 Å². The Kier molecular flexibility index (Phi) is 3.99. The molecule has 4 nitrogen and oxygen atoms in total. The fraction of sp³-hybridized carbons (Fsp3) is 0.300. The molecular formula is C20H18ClFN2O2. The third-order valence-corrected chi connectivity index (χ3v) is 5.88. The van der Waals surface area contributed by atoms with Crippen molar-refractivity contribution in [3.63, 3.8) is 0 Å². The summed E-state index contributed by atoms with van der Waals surface area (Å²) < 4.78 is 15.5. The molecule has 0 N–H and O–H groups in total. The lowest BCUT2D eigenvalue weighted by atomic mass is 9.72. The molecule has 1 aliphatic rings. The summed E-state index contributed by atoms with van der Waals surface area (Å²) in [7, 11) is 1.97. The van der Waals surface area contributed by atoms with E-state index in [-0.39, 0.29) is 16.7 Å². The molecule has 0 fully saturated rings. The van der Waals surface area contributed by atoms with E-state index in [1.807, 2.05) is 32.2 Å². The molecule has 0 aliphatic heterocycles. The quantitative estimate of drug-likeness (QED) is 0.472. The maximum atomic E-state index is 13.4. The van der Waals surface area contributed by atoms with Gasteiger partial charge in [0.05, 0.1) is 10.9 Å². The monoisotopic (exact) mass is 372 g/mol. The topological polar surface area (TPSA) is 48.1 Å². The SMILES string of the molecule is C[C@H]1Cc2c(c3c(Cl)cccc3n2C)[C@@H](c2ccc(F)cc2)[C@H]1[N+](=O)[O-]. The second-order valence-electron chi connectivity index (χ2n) is 7.04. The van der Waals surface area contributed by atoms with Crippen LogP contribution >= 0.6 is 11.6 Å². The first kappa shape index (κ1) is 17.0. The molecule has 0 bridgehead atoms. The van der Waals surface area contributed by atoms with Crippen LogP contribution in [0.25, 0.3) is 10.9 Å². The molecule has 0 unspecified atom stereocenters. The Balaban J connectivity index is 2.07. The molecule has 0 saturated heterocycles. The molecule has 26 heavy (non-hydrogen) atoms. The summed E-state index contributed by atoms with van der Waals surface area (Å²) in [5.41, 5.74) is 3.67. The zero-order valence-electron chi connectivity index (χ0n) is 14.4. The molecule has 0 amide bonds. The van der Waals surface area contributed by atoms with E-state index < -0.39 is 12.0 Å². The first-order chi connectivity index (χ1) is 12.4. The normalized spacial score (nSPS) is 22.4. The van der Waals surface area contributed by atoms with E-state index in [2.05, 4.69) is 4.57 Å². The van der Waals surface area contributed by atoms with E-state index in [9.17, 15) is 14.5 Å². The number of rotatable bonds is 2. The third kappa shape index (κ3) is 2.42. The standard InChI is InChI=1S/C20H18ClFN2O2/c1-11-10-16-19(18-14(21)4-3-5-15(18)23(16)2)17(20(11)24(25)26)12-6-8-13(22)9-7-12/h3-9,11,17,20H,10H2,1-2H3/t11-,17+,20-/m0/s1. The van der Waals surface area contributed by atoms with E-state index in [1.54, 1.807) is 12.1 Å². The van der Waals surface area contributed by atoms with Crippen molar-refractivity contribution in [2.45, 2.75) is 25.3 Å². The average molecular weight is 373 g/mol. The molecule has 1 aromatic heterocycles. The van der Waals surface area contributed by atoms with Gasteiger partial charge in [-0.3, -0.25) is 10.1 Å². The molecule has 2 aromatic carbocycles. The van der Waals surface area contributed by atoms with Gasteiger partial charge in [0.1, 0.15) is 5.82 Å². The van der Waals surface area contributed by atoms with Gasteiger partial charge in [-0.2, -0.15) is 0 Å². The summed E-state index contributed by atoms with van der Waals surface area (Å²) in [6, 6.07) is 10.9. The summed E-state index contributed by atoms with van der Waals surface area (Å²) in [5, 5.41) is 13.4. The molecule has 0 radical (unpaired) electrons. The van der Waals surface area contributed by atoms with Crippen molar-refractivity contribution in [2.24, 2.45) is 13.0 Å². The Morgan fingerprint density at radius 1 is 1.23 bits per heavy atom. The van der Waals surface area contributed by atoms with Gasteiger partial charge < -0.3 is 4.57 Å². The Labute approximate surface area is 155 Å². The predicted octanol–water partition coefficient (Wildman–Crippen LogP) is 4.94. The minimum atomic E-state index is -0.783. The number of fused-ring (bicyclic) bond motifs is 3. The number of aryl methyl sites for hydroxylation is 1. The van der Waals surface area contributed by atoms with Crippen LogP contribution in [0.4, 0.5) is 4.39 Å². The number of halogens is 2. The second-order valence-corrected chi connectivity index (χ2v) is 7.45. The lowest BCUT2D eigenvalue weighted by Gasteiger charge is -2.32. The highest BCUT2D eigenvalue weighted by Crippen LogP contribution is 2.47. The van der Waals surface area contributed by atoms with Gasteiger partial charge in [-0.15, -0.1) is 0 Å². The maximum absolute atomic E-state index is 13.4. The first-order valence-electron chi connectivity index (χ1n) is 8.54. The molecule has 1 aliphatic carbocycles. The molecule has 3 atom stereocenters. The van der Waals surface area contributed by atoms with Gasteiger partial charge in [-0.25, -0.2) is 4.39 Å². The van der Waals surface area contributed by atoms with Gasteiger partial charge in [-0.1, -0.05) is 36.7 Å². The van der Waals surface area contributed by atoms with Crippen LogP contribution in [0.15, 0.2) is 42.5 Å². The van der Waals surface area contributed by atoms with Crippen LogP contribution in [-0.2, 0) is 13.5 Å². The van der Waals surface area contributed by atoms with Gasteiger partial charge in [0.25, 0.3) is 0 Å². The van der Waals surface area contributed by atoms with Crippen LogP contribution in [0.2, 0.25) is 5.02 Å². The summed E-state index contributed by atoms with van der Waals surface area (Å²) in [4.78, 5) is 11.7. The molecule has 4 rings (SSSR count). The second kappa shape index (κ2) is 6.09. The molecule has 3 aromatic rings. The first-order valence-corrected chi connectivity index (χ1v) is 8.92. The molecule has 0 spiro atoms. The van der Waals surface area contributed by atoms with Crippen molar-refractivity contribution in [1.29, 1.82) is 0 Å². The van der Waals surface area contributed by atoms with Crippen LogP contribution in [0.5, 0.6) is 0 Å². The lowest BCUT2D eigenvalue weighted by molar-refractivity contribution is -0.535. The minimum absolute atomic E-state index is 0.144. The van der Waals surface area contributed by atoms with Gasteiger partial charge in [-0.05, 0) is 41.8 Å². The highest BCUT2D eigenvalue weighted by atomic mass is 35.5. The summed E-state index contributed by atoms with van der Waals surface area (Å²) in [6.45, 7) is 1.91. The van der Waals surface area contributed by atoms with Crippen molar-refractivity contribution < 1.29 is 9.31 Å². The Morgan fingerprint density at radius 2 is 1.92 bits per heavy atom. The van der Waals surface area contributed by atoms with Crippen molar-refractivity contribution in [3.05, 3.63) is 80.2 Å². The number of benzene rings is 2. The molecule has 0 saturated carbocycles. The molecule has 134 valence electrons. The number of nitrogens with zero attached hydrogens (tertiary/aromatic N) is 2. The maximum Gasteiger partial charge on any atom is 0.226 e. The fourth-order valence-corrected chi connectivity index (χ4v) is 4.67. The van der Waals surface area contributed by atoms with Crippen molar-refractivity contribution in [2.75, 3.05) is 0 Å². The van der Waals surface area contributed by atoms with E-state index in [4.69, 9.17) is 11.6 Å². The fourth-order valence-electron chi connectivity index (χ4n) is 4.40. The van der Waals surface area contributed by atoms with Gasteiger partial charge in [0.2, 0.25) is 6.04 Å². The predicted molar refractivity (Wildman–Crippen MR) is 99.8 cm³/mol. The van der Waals surface area contributed by atoms with Crippen LogP contribution in [0.3, 0.4) is 0 Å². The van der Waals surface area contributed by atoms with Gasteiger partial charge in [0, 0.05) is 34.5 Å². The number of hydrogen-bond donors (Lipinski definition) is 0. The number of nitro groups is 1. The van der Waals surface area contributed by atoms with Crippen LogP contribution < -0.4 is 0 Å². The van der Waals surface area contributed by atoms with E-state index in [0.717, 1.165) is 27.7 Å². The average Bonchev–Trinajstić information content (AvgIpc) is 2.88. The van der Waals surface area contributed by atoms with Crippen molar-refractivity contribution >= 4 is 22.5 Å². The highest BCUT2D eigenvalue weighted by molar-refractivity contribution is 6.35. The Bertz CT molecular complexity index is 1010. The van der Waals surface area contributed by atoms with Crippen molar-refractivity contribution in [3.8, 4) is 0 Å². The highest BCUT2D eigenvalue weighted by Gasteiger charge is 2.46. The summed E-state index contributed by atoms with van der Waals surface area (Å²) in [6.07, 6.45) is 0.611. The summed E-state index contributed by atoms with van der Waals surface area (Å²) in [5.74, 6) is -0.964. The van der Waals surface area contributed by atoms with E-state index >= 15 is 0 Å². The zero-order chi connectivity index (χ0) is 18.6. The Morgan fingerprint density at radius 3 is 2.58 bits per heavy atom. The minimum Gasteiger partial charge on any atom is -0.347 e. The summed E-state index contributed by atoms with van der Waals surface area (Å²) >= 11 is 6.51. The van der Waals surface area contributed by atoms with E-state index in [1.165, 1.54) is 12.1 Å². The largest absolute Gasteiger partial charge is 0.347 e. The van der Waals surface area contributed by atoms with Gasteiger partial charge in [0.15, 0.2) is 0 Å². The molecule has 6 heteroatoms. The Hall–Kier alpha value is -2.40. The van der Waals surface area contributed by atoms with Crippen LogP contribution in [0, 0.1) is 21.8 Å². The van der Waals surface area contributed by atoms with E-state index in [0.29, 0.717) is 11.4 Å². The third-order valence-electron chi connectivity index (χ3n) is 5.56. The smallest absolute Gasteiger partial charge is 0.226 e. The van der Waals surface area contributed by atoms with Gasteiger partial charge >= 0.3 is 0 Å².